The van der Waals surface area contributed by atoms with Gasteiger partial charge in [-0.2, -0.15) is 5.10 Å². The van der Waals surface area contributed by atoms with Crippen LogP contribution in [-0.2, 0) is 9.53 Å². The third kappa shape index (κ3) is 4.54. The summed E-state index contributed by atoms with van der Waals surface area (Å²) in [5.41, 5.74) is 0.168. The average molecular weight is 391 g/mol. The van der Waals surface area contributed by atoms with Crippen molar-refractivity contribution in [1.82, 2.24) is 9.78 Å². The number of nitrogens with one attached hydrogen (secondary N) is 1. The molecule has 1 aromatic heterocycles. The van der Waals surface area contributed by atoms with E-state index in [1.165, 1.54) is 40.4 Å². The van der Waals surface area contributed by atoms with E-state index in [0.29, 0.717) is 23.1 Å². The summed E-state index contributed by atoms with van der Waals surface area (Å²) in [6.45, 7) is 5.37. The molecule has 0 saturated heterocycles. The zero-order valence-corrected chi connectivity index (χ0v) is 16.8. The van der Waals surface area contributed by atoms with Crippen LogP contribution in [0.1, 0.15) is 37.2 Å². The number of hydrogen-bond donors (Lipinski definition) is 1. The number of benzene rings is 1. The molecule has 0 spiro atoms. The van der Waals surface area contributed by atoms with Gasteiger partial charge >= 0.3 is 5.97 Å². The van der Waals surface area contributed by atoms with Crippen molar-refractivity contribution in [3.8, 4) is 17.2 Å². The Kier molecular flexibility index (Phi) is 6.86. The summed E-state index contributed by atoms with van der Waals surface area (Å²) in [6.07, 6.45) is 0.560. The summed E-state index contributed by atoms with van der Waals surface area (Å²) in [4.78, 5) is 24.9. The second-order valence-electron chi connectivity index (χ2n) is 6.21. The van der Waals surface area contributed by atoms with Gasteiger partial charge in [-0.15, -0.1) is 0 Å². The van der Waals surface area contributed by atoms with E-state index in [4.69, 9.17) is 18.9 Å². The lowest BCUT2D eigenvalue weighted by molar-refractivity contribution is -0.123. The Labute approximate surface area is 163 Å². The zero-order valence-electron chi connectivity index (χ0n) is 16.8. The summed E-state index contributed by atoms with van der Waals surface area (Å²) in [7, 11) is 4.35. The number of esters is 1. The molecule has 0 aliphatic rings. The Morgan fingerprint density at radius 2 is 1.64 bits per heavy atom. The number of ether oxygens (including phenoxy) is 4. The number of methoxy groups -OCH3 is 3. The van der Waals surface area contributed by atoms with Gasteiger partial charge in [0.05, 0.1) is 33.1 Å². The first-order valence-electron chi connectivity index (χ1n) is 8.67. The molecular weight excluding hydrogens is 366 g/mol. The number of carbonyl (C=O) groups is 2. The number of aromatic nitrogens is 2. The molecule has 9 nitrogen and oxygen atoms in total. The molecule has 2 rings (SSSR count). The largest absolute Gasteiger partial charge is 0.493 e. The van der Waals surface area contributed by atoms with Gasteiger partial charge in [0.25, 0.3) is 5.91 Å². The van der Waals surface area contributed by atoms with Crippen molar-refractivity contribution in [3.05, 3.63) is 30.0 Å². The third-order valence-electron chi connectivity index (χ3n) is 3.96. The monoisotopic (exact) mass is 391 g/mol. The van der Waals surface area contributed by atoms with Crippen LogP contribution in [0.2, 0.25) is 0 Å². The second-order valence-corrected chi connectivity index (χ2v) is 6.21. The number of rotatable bonds is 8. The van der Waals surface area contributed by atoms with E-state index in [0.717, 1.165) is 0 Å². The number of nitrogens with zero attached hydrogens (tertiary/aromatic N) is 2. The summed E-state index contributed by atoms with van der Waals surface area (Å²) in [6, 6.07) is 4.66. The van der Waals surface area contributed by atoms with E-state index in [9.17, 15) is 9.59 Å². The molecular formula is C19H25N3O6. The van der Waals surface area contributed by atoms with Crippen molar-refractivity contribution in [2.45, 2.75) is 32.9 Å². The van der Waals surface area contributed by atoms with Crippen molar-refractivity contribution in [2.24, 2.45) is 0 Å². The van der Waals surface area contributed by atoms with Crippen LogP contribution in [0.4, 0.5) is 5.82 Å². The van der Waals surface area contributed by atoms with Crippen molar-refractivity contribution in [2.75, 3.05) is 26.6 Å². The zero-order chi connectivity index (χ0) is 20.8. The molecule has 0 fully saturated rings. The number of hydrogen-bond acceptors (Lipinski definition) is 7. The van der Waals surface area contributed by atoms with Crippen molar-refractivity contribution >= 4 is 17.7 Å². The highest BCUT2D eigenvalue weighted by molar-refractivity contribution is 5.97. The lowest BCUT2D eigenvalue weighted by Crippen LogP contribution is -2.31. The van der Waals surface area contributed by atoms with Crippen molar-refractivity contribution < 1.29 is 28.5 Å². The second kappa shape index (κ2) is 9.12. The topological polar surface area (TPSA) is 101 Å². The van der Waals surface area contributed by atoms with Gasteiger partial charge in [0.2, 0.25) is 5.75 Å². The predicted octanol–water partition coefficient (Wildman–Crippen LogP) is 2.67. The van der Waals surface area contributed by atoms with E-state index in [-0.39, 0.29) is 11.6 Å². The van der Waals surface area contributed by atoms with Crippen molar-refractivity contribution in [3.63, 3.8) is 0 Å². The lowest BCUT2D eigenvalue weighted by Gasteiger charge is -2.17. The molecule has 0 aliphatic carbocycles. The summed E-state index contributed by atoms with van der Waals surface area (Å²) >= 11 is 0. The predicted molar refractivity (Wildman–Crippen MR) is 102 cm³/mol. The van der Waals surface area contributed by atoms with Gasteiger partial charge < -0.3 is 24.3 Å². The molecule has 0 unspecified atom stereocenters. The molecule has 1 aromatic carbocycles. The first kappa shape index (κ1) is 21.1. The highest BCUT2D eigenvalue weighted by Crippen LogP contribution is 2.38. The van der Waals surface area contributed by atoms with Crippen LogP contribution < -0.4 is 19.5 Å². The van der Waals surface area contributed by atoms with Gasteiger partial charge in [0, 0.05) is 12.1 Å². The maximum Gasteiger partial charge on any atom is 0.339 e. The molecule has 28 heavy (non-hydrogen) atoms. The van der Waals surface area contributed by atoms with Crippen LogP contribution in [0.25, 0.3) is 0 Å². The Hall–Kier alpha value is -3.23. The van der Waals surface area contributed by atoms with Gasteiger partial charge in [0.15, 0.2) is 17.6 Å². The standard InChI is InChI=1S/C19H25N3O6/c1-11(2)22-16(7-8-20-22)21-18(23)12(3)28-19(24)13-9-14(25-4)17(27-6)15(10-13)26-5/h7-12H,1-6H3,(H,21,23)/t12-/m1/s1. The maximum atomic E-state index is 12.5. The highest BCUT2D eigenvalue weighted by Gasteiger charge is 2.23. The molecule has 9 heteroatoms. The Morgan fingerprint density at radius 1 is 1.04 bits per heavy atom. The van der Waals surface area contributed by atoms with Crippen LogP contribution >= 0.6 is 0 Å². The number of amides is 1. The molecule has 2 aromatic rings. The van der Waals surface area contributed by atoms with E-state index in [1.54, 1.807) is 16.9 Å². The van der Waals surface area contributed by atoms with Crippen LogP contribution in [0.5, 0.6) is 17.2 Å². The SMILES string of the molecule is COc1cc(C(=O)O[C@H](C)C(=O)Nc2ccnn2C(C)C)cc(OC)c1OC. The minimum Gasteiger partial charge on any atom is -0.493 e. The normalized spacial score (nSPS) is 11.7. The van der Waals surface area contributed by atoms with E-state index in [1.807, 2.05) is 13.8 Å². The molecule has 1 N–H and O–H groups in total. The lowest BCUT2D eigenvalue weighted by atomic mass is 10.2. The summed E-state index contributed by atoms with van der Waals surface area (Å²) in [5.74, 6) is 0.339. The van der Waals surface area contributed by atoms with E-state index >= 15 is 0 Å². The Bertz CT molecular complexity index is 821. The molecule has 1 heterocycles. The molecule has 0 bridgehead atoms. The van der Waals surface area contributed by atoms with E-state index in [2.05, 4.69) is 10.4 Å². The first-order valence-corrected chi connectivity index (χ1v) is 8.67. The molecule has 152 valence electrons. The van der Waals surface area contributed by atoms with E-state index < -0.39 is 18.0 Å². The minimum absolute atomic E-state index is 0.0717. The highest BCUT2D eigenvalue weighted by atomic mass is 16.5. The average Bonchev–Trinajstić information content (AvgIpc) is 3.14. The minimum atomic E-state index is -1.03. The Morgan fingerprint density at radius 3 is 2.14 bits per heavy atom. The molecule has 0 radical (unpaired) electrons. The van der Waals surface area contributed by atoms with Gasteiger partial charge in [-0.05, 0) is 32.9 Å². The van der Waals surface area contributed by atoms with Gasteiger partial charge in [-0.1, -0.05) is 0 Å². The fraction of sp³-hybridized carbons (Fsp3) is 0.421. The third-order valence-corrected chi connectivity index (χ3v) is 3.96. The molecule has 1 amide bonds. The number of carbonyl (C=O) groups excluding carboxylic acids is 2. The van der Waals surface area contributed by atoms with Gasteiger partial charge in [-0.3, -0.25) is 4.79 Å². The quantitative estimate of drug-likeness (QED) is 0.690. The summed E-state index contributed by atoms with van der Waals surface area (Å²) in [5, 5.41) is 6.85. The summed E-state index contributed by atoms with van der Waals surface area (Å²) < 4.78 is 22.6. The first-order chi connectivity index (χ1) is 13.3. The molecule has 0 saturated carbocycles. The van der Waals surface area contributed by atoms with Crippen molar-refractivity contribution in [1.29, 1.82) is 0 Å². The van der Waals surface area contributed by atoms with Crippen LogP contribution in [0.15, 0.2) is 24.4 Å². The fourth-order valence-electron chi connectivity index (χ4n) is 2.53. The number of anilines is 1. The van der Waals surface area contributed by atoms with Gasteiger partial charge in [0.1, 0.15) is 5.82 Å². The van der Waals surface area contributed by atoms with Gasteiger partial charge in [-0.25, -0.2) is 9.48 Å². The smallest absolute Gasteiger partial charge is 0.339 e. The van der Waals surface area contributed by atoms with Crippen LogP contribution in [0.3, 0.4) is 0 Å². The molecule has 1 atom stereocenters. The Balaban J connectivity index is 2.13. The maximum absolute atomic E-state index is 12.5. The van der Waals surface area contributed by atoms with Crippen LogP contribution in [0, 0.1) is 0 Å². The molecule has 0 aliphatic heterocycles. The fourth-order valence-corrected chi connectivity index (χ4v) is 2.53. The van der Waals surface area contributed by atoms with Crippen LogP contribution in [-0.4, -0.2) is 49.1 Å².